The van der Waals surface area contributed by atoms with Gasteiger partial charge in [-0.15, -0.1) is 5.10 Å². The van der Waals surface area contributed by atoms with E-state index in [2.05, 4.69) is 30.7 Å². The molecule has 5 rings (SSSR count). The number of aromatic nitrogens is 6. The summed E-state index contributed by atoms with van der Waals surface area (Å²) in [5, 5.41) is 13.1. The lowest BCUT2D eigenvalue weighted by atomic mass is 9.92. The summed E-state index contributed by atoms with van der Waals surface area (Å²) in [6.45, 7) is 3.23. The number of carbonyl (C=O) groups excluding carboxylic acids is 1. The predicted octanol–water partition coefficient (Wildman–Crippen LogP) is 3.49. The molecule has 0 spiro atoms. The number of nitrogens with one attached hydrogen (secondary N) is 1. The van der Waals surface area contributed by atoms with Crippen LogP contribution in [0.4, 0.5) is 22.4 Å². The second-order valence-electron chi connectivity index (χ2n) is 10.6. The zero-order valence-corrected chi connectivity index (χ0v) is 21.7. The molecule has 4 heterocycles. The first-order valence-corrected chi connectivity index (χ1v) is 12.3. The van der Waals surface area contributed by atoms with Gasteiger partial charge in [0, 0.05) is 31.7 Å². The molecule has 3 aromatic rings. The van der Waals surface area contributed by atoms with Crippen LogP contribution in [0.2, 0.25) is 0 Å². The zero-order chi connectivity index (χ0) is 28.1. The number of ether oxygens (including phenoxy) is 2. The molecule has 11 nitrogen and oxygen atoms in total. The van der Waals surface area contributed by atoms with Gasteiger partial charge < -0.3 is 19.4 Å². The van der Waals surface area contributed by atoms with Crippen molar-refractivity contribution in [1.82, 2.24) is 40.0 Å². The van der Waals surface area contributed by atoms with Crippen LogP contribution in [0.25, 0.3) is 11.6 Å². The number of alkyl halides is 2. The average Bonchev–Trinajstić information content (AvgIpc) is 3.56. The number of alkyl carbamates (subject to hydrolysis) is 1. The molecule has 3 atom stereocenters. The first-order valence-electron chi connectivity index (χ1n) is 12.3. The summed E-state index contributed by atoms with van der Waals surface area (Å²) < 4.78 is 68.7. The molecule has 210 valence electrons. The molecule has 39 heavy (non-hydrogen) atoms. The van der Waals surface area contributed by atoms with Crippen molar-refractivity contribution < 1.29 is 31.8 Å². The van der Waals surface area contributed by atoms with Crippen molar-refractivity contribution in [2.75, 3.05) is 6.61 Å². The molecule has 1 fully saturated rings. The van der Waals surface area contributed by atoms with Gasteiger partial charge in [0.05, 0.1) is 24.0 Å². The molecule has 2 aromatic heterocycles. The Morgan fingerprint density at radius 2 is 1.97 bits per heavy atom. The summed E-state index contributed by atoms with van der Waals surface area (Å²) in [4.78, 5) is 19.2. The number of benzene rings is 1. The van der Waals surface area contributed by atoms with Gasteiger partial charge >= 0.3 is 12.6 Å². The van der Waals surface area contributed by atoms with E-state index in [9.17, 15) is 22.4 Å². The molecular weight excluding hydrogens is 524 g/mol. The topological polar surface area (TPSA) is 112 Å². The van der Waals surface area contributed by atoms with E-state index in [0.29, 0.717) is 29.9 Å². The highest BCUT2D eigenvalue weighted by Crippen LogP contribution is 2.36. The number of hydrogen-bond acceptors (Lipinski definition) is 8. The third-order valence-electron chi connectivity index (χ3n) is 6.72. The Hall–Kier alpha value is -3.59. The first-order chi connectivity index (χ1) is 18.4. The number of fused-ring (bicyclic) bond motifs is 1. The summed E-state index contributed by atoms with van der Waals surface area (Å²) in [6.07, 6.45) is -1.29. The summed E-state index contributed by atoms with van der Waals surface area (Å²) in [5.74, 6) is -1.19. The minimum absolute atomic E-state index is 0.00211. The number of imidazole rings is 1. The fourth-order valence-electron chi connectivity index (χ4n) is 4.99. The number of tetrazole rings is 1. The van der Waals surface area contributed by atoms with Crippen molar-refractivity contribution >= 4 is 6.09 Å². The molecule has 0 unspecified atom stereocenters. The van der Waals surface area contributed by atoms with E-state index in [0.717, 1.165) is 23.9 Å². The molecule has 1 saturated heterocycles. The van der Waals surface area contributed by atoms with Gasteiger partial charge in [-0.1, -0.05) is 0 Å². The van der Waals surface area contributed by atoms with Gasteiger partial charge in [-0.2, -0.15) is 13.5 Å². The molecule has 15 heteroatoms. The quantitative estimate of drug-likeness (QED) is 0.479. The van der Waals surface area contributed by atoms with Gasteiger partial charge in [-0.3, -0.25) is 4.90 Å². The zero-order valence-electron chi connectivity index (χ0n) is 21.7. The molecular formula is C24H28F4N8O3. The van der Waals surface area contributed by atoms with Gasteiger partial charge in [0.15, 0.2) is 5.82 Å². The highest BCUT2D eigenvalue weighted by Gasteiger charge is 2.41. The third kappa shape index (κ3) is 5.45. The highest BCUT2D eigenvalue weighted by atomic mass is 19.3. The molecule has 2 aliphatic rings. The maximum absolute atomic E-state index is 14.7. The minimum Gasteiger partial charge on any atom is -0.444 e. The fourth-order valence-corrected chi connectivity index (χ4v) is 4.99. The smallest absolute Gasteiger partial charge is 0.407 e. The van der Waals surface area contributed by atoms with Crippen LogP contribution in [0.15, 0.2) is 18.2 Å². The third-order valence-corrected chi connectivity index (χ3v) is 6.72. The summed E-state index contributed by atoms with van der Waals surface area (Å²) in [7, 11) is 1.70. The van der Waals surface area contributed by atoms with Gasteiger partial charge in [0.25, 0.3) is 0 Å². The Bertz CT molecular complexity index is 1370. The van der Waals surface area contributed by atoms with E-state index in [1.165, 1.54) is 0 Å². The van der Waals surface area contributed by atoms with Gasteiger partial charge in [0.2, 0.25) is 5.82 Å². The monoisotopic (exact) mass is 552 g/mol. The lowest BCUT2D eigenvalue weighted by Crippen LogP contribution is -2.52. The Balaban J connectivity index is 1.35. The lowest BCUT2D eigenvalue weighted by Gasteiger charge is -2.40. The number of halogens is 4. The van der Waals surface area contributed by atoms with E-state index in [1.807, 2.05) is 0 Å². The number of rotatable bonds is 5. The van der Waals surface area contributed by atoms with Crippen molar-refractivity contribution in [3.05, 3.63) is 46.8 Å². The van der Waals surface area contributed by atoms with Crippen LogP contribution in [0.5, 0.6) is 0 Å². The van der Waals surface area contributed by atoms with Crippen LogP contribution in [-0.4, -0.2) is 65.0 Å². The summed E-state index contributed by atoms with van der Waals surface area (Å²) in [5.41, 5.74) is 0.708. The summed E-state index contributed by atoms with van der Waals surface area (Å²) >= 11 is 0. The lowest BCUT2D eigenvalue weighted by molar-refractivity contribution is -0.0630. The van der Waals surface area contributed by atoms with Gasteiger partial charge in [0.1, 0.15) is 23.3 Å². The fraction of sp³-hybridized carbons (Fsp3) is 0.542. The van der Waals surface area contributed by atoms with E-state index < -0.39 is 42.0 Å². The van der Waals surface area contributed by atoms with Crippen molar-refractivity contribution in [2.24, 2.45) is 7.05 Å². The maximum Gasteiger partial charge on any atom is 0.407 e. The van der Waals surface area contributed by atoms with Crippen molar-refractivity contribution in [3.63, 3.8) is 0 Å². The molecule has 0 bridgehead atoms. The molecule has 1 N–H and O–H groups in total. The summed E-state index contributed by atoms with van der Waals surface area (Å²) in [6, 6.07) is 2.16. The maximum atomic E-state index is 14.7. The number of amides is 1. The number of hydrogen-bond donors (Lipinski definition) is 1. The second-order valence-corrected chi connectivity index (χ2v) is 10.6. The van der Waals surface area contributed by atoms with E-state index in [1.54, 1.807) is 32.4 Å². The van der Waals surface area contributed by atoms with Gasteiger partial charge in [-0.05, 0) is 55.8 Å². The van der Waals surface area contributed by atoms with Crippen molar-refractivity contribution in [1.29, 1.82) is 0 Å². The molecule has 2 aliphatic heterocycles. The van der Waals surface area contributed by atoms with Crippen LogP contribution in [-0.2, 0) is 29.6 Å². The largest absolute Gasteiger partial charge is 0.444 e. The molecule has 0 aliphatic carbocycles. The van der Waals surface area contributed by atoms with E-state index in [-0.39, 0.29) is 29.9 Å². The van der Waals surface area contributed by atoms with Crippen molar-refractivity contribution in [3.8, 4) is 11.6 Å². The molecule has 0 saturated carbocycles. The number of carbonyl (C=O) groups is 1. The predicted molar refractivity (Wildman–Crippen MR) is 127 cm³/mol. The SMILES string of the molecule is Cn1c(-c2nnnn2C(F)F)nc2c1CN([C@H]1CO[C@H](c3cc(F)ccc3F)[C@@H](NC(=O)OC(C)(C)C)C1)C2. The highest BCUT2D eigenvalue weighted by molar-refractivity contribution is 5.68. The minimum atomic E-state index is -2.91. The Morgan fingerprint density at radius 1 is 1.21 bits per heavy atom. The van der Waals surface area contributed by atoms with Crippen LogP contribution in [0.1, 0.15) is 56.8 Å². The molecule has 0 radical (unpaired) electrons. The van der Waals surface area contributed by atoms with Gasteiger partial charge in [-0.25, -0.2) is 18.6 Å². The molecule has 1 amide bonds. The van der Waals surface area contributed by atoms with E-state index in [4.69, 9.17) is 9.47 Å². The first kappa shape index (κ1) is 27.0. The standard InChI is InChI=1S/C24H28F4N8O3/c1-24(2,3)39-23(37)30-16-8-13(11-38-19(16)14-7-12(25)5-6-15(14)26)35-9-17-18(10-35)34(4)20(29-17)21-31-32-33-36(21)22(27)28/h5-7,13,16,19,22H,8-11H2,1-4H3,(H,30,37)/t13-,16+,19-/m1/s1. The van der Waals surface area contributed by atoms with E-state index >= 15 is 0 Å². The average molecular weight is 553 g/mol. The van der Waals surface area contributed by atoms with Crippen LogP contribution >= 0.6 is 0 Å². The van der Waals surface area contributed by atoms with Crippen LogP contribution < -0.4 is 5.32 Å². The Kier molecular flexibility index (Phi) is 7.05. The van der Waals surface area contributed by atoms with Crippen LogP contribution in [0.3, 0.4) is 0 Å². The normalized spacial score (nSPS) is 21.8. The number of nitrogens with zero attached hydrogens (tertiary/aromatic N) is 7. The Labute approximate surface area is 221 Å². The Morgan fingerprint density at radius 3 is 2.67 bits per heavy atom. The molecule has 1 aromatic carbocycles. The van der Waals surface area contributed by atoms with Crippen molar-refractivity contribution in [2.45, 2.75) is 70.6 Å². The van der Waals surface area contributed by atoms with Crippen LogP contribution in [0, 0.1) is 11.6 Å². The second kappa shape index (κ2) is 10.2.